The SMILES string of the molecule is CCCNC(Cc1cccc(Br)c1)Cc1ncc[nH]1. The van der Waals surface area contributed by atoms with Crippen LogP contribution in [0.4, 0.5) is 0 Å². The highest BCUT2D eigenvalue weighted by Crippen LogP contribution is 2.14. The molecule has 0 aliphatic carbocycles. The molecule has 102 valence electrons. The second-order valence-corrected chi connectivity index (χ2v) is 5.64. The maximum atomic E-state index is 4.32. The number of hydrogen-bond donors (Lipinski definition) is 2. The summed E-state index contributed by atoms with van der Waals surface area (Å²) in [4.78, 5) is 7.50. The Bertz CT molecular complexity index is 482. The fourth-order valence-corrected chi connectivity index (χ4v) is 2.60. The van der Waals surface area contributed by atoms with E-state index in [0.717, 1.165) is 36.1 Å². The molecule has 19 heavy (non-hydrogen) atoms. The molecule has 0 saturated carbocycles. The molecule has 1 heterocycles. The number of imidazole rings is 1. The number of hydrogen-bond acceptors (Lipinski definition) is 2. The highest BCUT2D eigenvalue weighted by Gasteiger charge is 2.11. The monoisotopic (exact) mass is 321 g/mol. The van der Waals surface area contributed by atoms with Gasteiger partial charge in [-0.25, -0.2) is 4.98 Å². The van der Waals surface area contributed by atoms with E-state index < -0.39 is 0 Å². The fourth-order valence-electron chi connectivity index (χ4n) is 2.16. The molecule has 0 spiro atoms. The van der Waals surface area contributed by atoms with Crippen LogP contribution in [-0.4, -0.2) is 22.6 Å². The molecule has 0 radical (unpaired) electrons. The topological polar surface area (TPSA) is 40.7 Å². The van der Waals surface area contributed by atoms with E-state index >= 15 is 0 Å². The number of nitrogens with one attached hydrogen (secondary N) is 2. The van der Waals surface area contributed by atoms with Crippen LogP contribution in [0, 0.1) is 0 Å². The molecule has 2 N–H and O–H groups in total. The summed E-state index contributed by atoms with van der Waals surface area (Å²) in [6, 6.07) is 8.92. The summed E-state index contributed by atoms with van der Waals surface area (Å²) < 4.78 is 1.14. The van der Waals surface area contributed by atoms with Gasteiger partial charge < -0.3 is 10.3 Å². The average Bonchev–Trinajstić information content (AvgIpc) is 2.89. The summed E-state index contributed by atoms with van der Waals surface area (Å²) in [6.07, 6.45) is 6.78. The van der Waals surface area contributed by atoms with Crippen molar-refractivity contribution in [2.24, 2.45) is 0 Å². The van der Waals surface area contributed by atoms with Crippen LogP contribution >= 0.6 is 15.9 Å². The van der Waals surface area contributed by atoms with E-state index in [-0.39, 0.29) is 0 Å². The maximum absolute atomic E-state index is 4.32. The summed E-state index contributed by atoms with van der Waals surface area (Å²) in [5.41, 5.74) is 1.34. The van der Waals surface area contributed by atoms with Crippen LogP contribution in [0.15, 0.2) is 41.1 Å². The minimum atomic E-state index is 0.417. The molecule has 4 heteroatoms. The van der Waals surface area contributed by atoms with Gasteiger partial charge in [-0.3, -0.25) is 0 Å². The first kappa shape index (κ1) is 14.3. The van der Waals surface area contributed by atoms with E-state index in [9.17, 15) is 0 Å². The van der Waals surface area contributed by atoms with Gasteiger partial charge in [0.2, 0.25) is 0 Å². The van der Waals surface area contributed by atoms with Gasteiger partial charge in [0.15, 0.2) is 0 Å². The smallest absolute Gasteiger partial charge is 0.107 e. The third-order valence-corrected chi connectivity index (χ3v) is 3.54. The maximum Gasteiger partial charge on any atom is 0.107 e. The van der Waals surface area contributed by atoms with E-state index in [2.05, 4.69) is 62.4 Å². The van der Waals surface area contributed by atoms with Crippen molar-refractivity contribution in [1.82, 2.24) is 15.3 Å². The van der Waals surface area contributed by atoms with Crippen molar-refractivity contribution in [3.05, 3.63) is 52.5 Å². The molecule has 1 aromatic carbocycles. The van der Waals surface area contributed by atoms with Gasteiger partial charge in [0, 0.05) is 29.3 Å². The highest BCUT2D eigenvalue weighted by molar-refractivity contribution is 9.10. The van der Waals surface area contributed by atoms with Crippen molar-refractivity contribution >= 4 is 15.9 Å². The minimum Gasteiger partial charge on any atom is -0.349 e. The molecule has 0 fully saturated rings. The lowest BCUT2D eigenvalue weighted by Gasteiger charge is -2.17. The largest absolute Gasteiger partial charge is 0.349 e. The predicted octanol–water partition coefficient (Wildman–Crippen LogP) is 3.33. The first-order chi connectivity index (χ1) is 9.28. The number of H-pyrrole nitrogens is 1. The zero-order chi connectivity index (χ0) is 13.5. The summed E-state index contributed by atoms with van der Waals surface area (Å²) in [5.74, 6) is 1.04. The third-order valence-electron chi connectivity index (χ3n) is 3.05. The molecule has 2 rings (SSSR count). The number of aromatic nitrogens is 2. The molecular weight excluding hydrogens is 302 g/mol. The predicted molar refractivity (Wildman–Crippen MR) is 82.2 cm³/mol. The standard InChI is InChI=1S/C15H20BrN3/c1-2-6-17-14(11-15-18-7-8-19-15)10-12-4-3-5-13(16)9-12/h3-5,7-9,14,17H,2,6,10-11H2,1H3,(H,18,19). The van der Waals surface area contributed by atoms with Crippen LogP contribution in [0.1, 0.15) is 24.7 Å². The van der Waals surface area contributed by atoms with Gasteiger partial charge in [-0.15, -0.1) is 0 Å². The van der Waals surface area contributed by atoms with Gasteiger partial charge in [-0.2, -0.15) is 0 Å². The number of halogens is 1. The number of rotatable bonds is 7. The van der Waals surface area contributed by atoms with Crippen molar-refractivity contribution in [3.63, 3.8) is 0 Å². The lowest BCUT2D eigenvalue weighted by atomic mass is 10.0. The molecule has 1 aromatic heterocycles. The van der Waals surface area contributed by atoms with Gasteiger partial charge in [0.25, 0.3) is 0 Å². The Balaban J connectivity index is 2.00. The van der Waals surface area contributed by atoms with Crippen LogP contribution in [-0.2, 0) is 12.8 Å². The molecular formula is C15H20BrN3. The summed E-state index contributed by atoms with van der Waals surface area (Å²) in [6.45, 7) is 3.23. The molecule has 0 saturated heterocycles. The highest BCUT2D eigenvalue weighted by atomic mass is 79.9. The fraction of sp³-hybridized carbons (Fsp3) is 0.400. The zero-order valence-corrected chi connectivity index (χ0v) is 12.8. The number of nitrogens with zero attached hydrogens (tertiary/aromatic N) is 1. The van der Waals surface area contributed by atoms with Crippen LogP contribution in [0.2, 0.25) is 0 Å². The Morgan fingerprint density at radius 3 is 2.95 bits per heavy atom. The summed E-state index contributed by atoms with van der Waals surface area (Å²) in [5, 5.41) is 3.60. The molecule has 3 nitrogen and oxygen atoms in total. The van der Waals surface area contributed by atoms with Gasteiger partial charge >= 0.3 is 0 Å². The van der Waals surface area contributed by atoms with Crippen LogP contribution in [0.25, 0.3) is 0 Å². The first-order valence-electron chi connectivity index (χ1n) is 6.74. The van der Waals surface area contributed by atoms with Crippen molar-refractivity contribution in [3.8, 4) is 0 Å². The first-order valence-corrected chi connectivity index (χ1v) is 7.53. The van der Waals surface area contributed by atoms with Crippen molar-refractivity contribution < 1.29 is 0 Å². The Labute approximate surface area is 123 Å². The van der Waals surface area contributed by atoms with E-state index in [4.69, 9.17) is 0 Å². The Hall–Kier alpha value is -1.13. The van der Waals surface area contributed by atoms with Gasteiger partial charge in [0.05, 0.1) is 0 Å². The second kappa shape index (κ2) is 7.46. The van der Waals surface area contributed by atoms with Crippen LogP contribution in [0.5, 0.6) is 0 Å². The van der Waals surface area contributed by atoms with E-state index in [1.165, 1.54) is 5.56 Å². The minimum absolute atomic E-state index is 0.417. The number of benzene rings is 1. The second-order valence-electron chi connectivity index (χ2n) is 4.73. The quantitative estimate of drug-likeness (QED) is 0.821. The van der Waals surface area contributed by atoms with E-state index in [0.29, 0.717) is 6.04 Å². The van der Waals surface area contributed by atoms with Crippen LogP contribution < -0.4 is 5.32 Å². The van der Waals surface area contributed by atoms with Crippen molar-refractivity contribution in [2.75, 3.05) is 6.54 Å². The lowest BCUT2D eigenvalue weighted by Crippen LogP contribution is -2.34. The third kappa shape index (κ3) is 4.80. The average molecular weight is 322 g/mol. The summed E-state index contributed by atoms with van der Waals surface area (Å²) in [7, 11) is 0. The van der Waals surface area contributed by atoms with E-state index in [1.807, 2.05) is 12.4 Å². The molecule has 2 aromatic rings. The molecule has 0 aliphatic rings. The normalized spacial score (nSPS) is 12.5. The molecule has 0 bridgehead atoms. The summed E-state index contributed by atoms with van der Waals surface area (Å²) >= 11 is 3.53. The molecule has 0 amide bonds. The van der Waals surface area contributed by atoms with Crippen LogP contribution in [0.3, 0.4) is 0 Å². The van der Waals surface area contributed by atoms with Crippen molar-refractivity contribution in [2.45, 2.75) is 32.2 Å². The Kier molecular flexibility index (Phi) is 5.61. The molecule has 0 aliphatic heterocycles. The molecule has 1 atom stereocenters. The van der Waals surface area contributed by atoms with Gasteiger partial charge in [0.1, 0.15) is 5.82 Å². The Morgan fingerprint density at radius 2 is 2.26 bits per heavy atom. The zero-order valence-electron chi connectivity index (χ0n) is 11.2. The molecule has 1 unspecified atom stereocenters. The number of aromatic amines is 1. The van der Waals surface area contributed by atoms with Crippen molar-refractivity contribution in [1.29, 1.82) is 0 Å². The van der Waals surface area contributed by atoms with Gasteiger partial charge in [-0.1, -0.05) is 35.0 Å². The lowest BCUT2D eigenvalue weighted by molar-refractivity contribution is 0.497. The Morgan fingerprint density at radius 1 is 1.37 bits per heavy atom. The van der Waals surface area contributed by atoms with Gasteiger partial charge in [-0.05, 0) is 37.1 Å². The van der Waals surface area contributed by atoms with E-state index in [1.54, 1.807) is 0 Å².